The summed E-state index contributed by atoms with van der Waals surface area (Å²) in [5.41, 5.74) is 7.59. The molecule has 0 bridgehead atoms. The zero-order chi connectivity index (χ0) is 39.2. The van der Waals surface area contributed by atoms with Gasteiger partial charge in [-0.15, -0.1) is 0 Å². The molecule has 0 saturated heterocycles. The number of rotatable bonds is 5. The normalized spacial score (nSPS) is 18.0. The van der Waals surface area contributed by atoms with Crippen LogP contribution < -0.4 is 14.8 Å². The second-order valence-electron chi connectivity index (χ2n) is 15.8. The molecule has 55 heavy (non-hydrogen) atoms. The van der Waals surface area contributed by atoms with Crippen molar-refractivity contribution in [3.05, 3.63) is 81.9 Å². The van der Waals surface area contributed by atoms with Crippen LogP contribution in [0, 0.1) is 19.8 Å². The fourth-order valence-corrected chi connectivity index (χ4v) is 9.48. The number of hydrogen-bond donors (Lipinski definition) is 7. The molecule has 2 aliphatic rings. The van der Waals surface area contributed by atoms with Gasteiger partial charge in [-0.25, -0.2) is 0 Å². The molecule has 9 heteroatoms. The van der Waals surface area contributed by atoms with Crippen molar-refractivity contribution in [2.75, 3.05) is 14.2 Å². The lowest BCUT2D eigenvalue weighted by Crippen LogP contribution is -2.33. The fourth-order valence-electron chi connectivity index (χ4n) is 9.48. The summed E-state index contributed by atoms with van der Waals surface area (Å²) in [7, 11) is 3.07. The minimum Gasteiger partial charge on any atom is -0.508 e. The number of fused-ring (bicyclic) bond motifs is 4. The van der Waals surface area contributed by atoms with Gasteiger partial charge in [0.2, 0.25) is 0 Å². The molecule has 284 valence electrons. The monoisotopic (exact) mass is 741 g/mol. The molecule has 0 amide bonds. The van der Waals surface area contributed by atoms with E-state index in [-0.39, 0.29) is 63.5 Å². The van der Waals surface area contributed by atoms with E-state index in [1.807, 2.05) is 45.0 Å². The van der Waals surface area contributed by atoms with Crippen LogP contribution in [0.15, 0.2) is 48.5 Å². The summed E-state index contributed by atoms with van der Waals surface area (Å²) in [6, 6.07) is 13.9. The largest absolute Gasteiger partial charge is 0.508 e. The molecular weight excluding hydrogens is 695 g/mol. The van der Waals surface area contributed by atoms with Crippen LogP contribution in [0.3, 0.4) is 0 Å². The summed E-state index contributed by atoms with van der Waals surface area (Å²) in [5, 5.41) is 75.9. The van der Waals surface area contributed by atoms with E-state index in [1.54, 1.807) is 12.1 Å². The van der Waals surface area contributed by atoms with Gasteiger partial charge in [-0.05, 0) is 120 Å². The highest BCUT2D eigenvalue weighted by Gasteiger charge is 2.33. The van der Waals surface area contributed by atoms with Crippen LogP contribution in [-0.2, 0) is 19.4 Å². The summed E-state index contributed by atoms with van der Waals surface area (Å²) in [4.78, 5) is 0. The molecule has 0 saturated carbocycles. The van der Waals surface area contributed by atoms with E-state index in [0.717, 1.165) is 34.2 Å². The van der Waals surface area contributed by atoms with E-state index >= 15 is 0 Å². The Bertz CT molecular complexity index is 2590. The first-order valence-corrected chi connectivity index (χ1v) is 18.8. The van der Waals surface area contributed by atoms with E-state index in [9.17, 15) is 30.6 Å². The second kappa shape index (κ2) is 13.2. The van der Waals surface area contributed by atoms with Gasteiger partial charge in [-0.1, -0.05) is 26.0 Å². The Hall–Kier alpha value is -5.80. The zero-order valence-corrected chi connectivity index (χ0v) is 32.2. The number of methoxy groups -OCH3 is 2. The van der Waals surface area contributed by atoms with Gasteiger partial charge in [0.05, 0.1) is 25.0 Å². The zero-order valence-electron chi connectivity index (χ0n) is 32.2. The van der Waals surface area contributed by atoms with Crippen LogP contribution in [0.5, 0.6) is 46.0 Å². The van der Waals surface area contributed by atoms with Crippen molar-refractivity contribution in [3.8, 4) is 79.4 Å². The van der Waals surface area contributed by atoms with E-state index < -0.39 is 0 Å². The van der Waals surface area contributed by atoms with Gasteiger partial charge in [0.25, 0.3) is 0 Å². The lowest BCUT2D eigenvalue weighted by atomic mass is 9.74. The Morgan fingerprint density at radius 3 is 1.60 bits per heavy atom. The summed E-state index contributed by atoms with van der Waals surface area (Å²) >= 11 is 0. The molecule has 0 radical (unpaired) electrons. The Morgan fingerprint density at radius 2 is 1.07 bits per heavy atom. The molecule has 9 nitrogen and oxygen atoms in total. The number of nitrogens with one attached hydrogen (secondary N) is 1. The summed E-state index contributed by atoms with van der Waals surface area (Å²) in [6.07, 6.45) is 2.03. The van der Waals surface area contributed by atoms with Gasteiger partial charge in [0.1, 0.15) is 46.0 Å². The average molecular weight is 742 g/mol. The Morgan fingerprint density at radius 1 is 0.564 bits per heavy atom. The van der Waals surface area contributed by atoms with E-state index in [1.165, 1.54) is 26.4 Å². The van der Waals surface area contributed by atoms with Crippen molar-refractivity contribution in [1.82, 2.24) is 5.32 Å². The molecule has 0 spiro atoms. The smallest absolute Gasteiger partial charge is 0.135 e. The maximum Gasteiger partial charge on any atom is 0.135 e. The van der Waals surface area contributed by atoms with Crippen molar-refractivity contribution in [1.29, 1.82) is 0 Å². The van der Waals surface area contributed by atoms with Crippen molar-refractivity contribution in [2.24, 2.45) is 5.92 Å². The Balaban J connectivity index is 1.55. The van der Waals surface area contributed by atoms with Crippen LogP contribution >= 0.6 is 0 Å². The molecule has 6 aromatic rings. The molecule has 3 unspecified atom stereocenters. The van der Waals surface area contributed by atoms with Gasteiger partial charge in [0.15, 0.2) is 0 Å². The summed E-state index contributed by atoms with van der Waals surface area (Å²) in [5.74, 6) is 0.668. The number of aryl methyl sites for hydroxylation is 2. The van der Waals surface area contributed by atoms with Gasteiger partial charge in [0, 0.05) is 58.1 Å². The molecule has 6 aromatic carbocycles. The number of aromatic hydroxyl groups is 6. The topological polar surface area (TPSA) is 152 Å². The highest BCUT2D eigenvalue weighted by molar-refractivity contribution is 6.13. The van der Waals surface area contributed by atoms with Crippen LogP contribution in [0.1, 0.15) is 66.5 Å². The van der Waals surface area contributed by atoms with Crippen LogP contribution in [0.4, 0.5) is 0 Å². The van der Waals surface area contributed by atoms with Gasteiger partial charge in [-0.3, -0.25) is 0 Å². The standard InChI is InChI=1S/C46H47NO8/c1-20-8-23(4)40-32(11-20)42(37(51)18-35(40)49)29-16-31(46(53)44-26(29)10-22(3)13-39(44)55-7)30-15-28(25-9-21(2)12-38(54-6)43(25)45(30)52)41-27-14-24(5)47-19-33(27)34(48)17-36(41)50/h9-10,12-13,15-18,20,23-24,47-53H,8,11,14,19H2,1-7H3. The average Bonchev–Trinajstić information content (AvgIpc) is 3.12. The SMILES string of the molecule is COc1cc(C)cc2c(-c3c(O)cc(O)c4c3CC(C)NC4)cc(-c3cc(-c4c(O)cc(O)c5c4CC(C)CC5C)c4cc(C)cc(OC)c4c3O)c(O)c12. The molecule has 3 atom stereocenters. The van der Waals surface area contributed by atoms with Crippen molar-refractivity contribution < 1.29 is 40.1 Å². The van der Waals surface area contributed by atoms with E-state index in [2.05, 4.69) is 19.2 Å². The molecule has 1 aliphatic heterocycles. The number of hydrogen-bond acceptors (Lipinski definition) is 9. The maximum absolute atomic E-state index is 12.4. The highest BCUT2D eigenvalue weighted by atomic mass is 16.5. The number of ether oxygens (including phenoxy) is 2. The van der Waals surface area contributed by atoms with Gasteiger partial charge < -0.3 is 45.4 Å². The fraction of sp³-hybridized carbons (Fsp3) is 0.304. The lowest BCUT2D eigenvalue weighted by Gasteiger charge is -2.31. The van der Waals surface area contributed by atoms with Gasteiger partial charge >= 0.3 is 0 Å². The third-order valence-electron chi connectivity index (χ3n) is 11.8. The number of benzene rings is 6. The molecule has 8 rings (SSSR count). The maximum atomic E-state index is 12.4. The second-order valence-corrected chi connectivity index (χ2v) is 15.8. The molecular formula is C46H47NO8. The first-order chi connectivity index (χ1) is 26.2. The predicted molar refractivity (Wildman–Crippen MR) is 216 cm³/mol. The number of phenols is 6. The summed E-state index contributed by atoms with van der Waals surface area (Å²) < 4.78 is 11.8. The molecule has 7 N–H and O–H groups in total. The first-order valence-electron chi connectivity index (χ1n) is 18.8. The minimum absolute atomic E-state index is 0.00685. The van der Waals surface area contributed by atoms with E-state index in [0.29, 0.717) is 80.2 Å². The highest BCUT2D eigenvalue weighted by Crippen LogP contribution is 2.56. The minimum atomic E-state index is -0.149. The van der Waals surface area contributed by atoms with Crippen molar-refractivity contribution in [3.63, 3.8) is 0 Å². The van der Waals surface area contributed by atoms with E-state index in [4.69, 9.17) is 9.47 Å². The molecule has 0 aromatic heterocycles. The Labute approximate surface area is 320 Å². The van der Waals surface area contributed by atoms with Crippen LogP contribution in [0.25, 0.3) is 54.9 Å². The predicted octanol–water partition coefficient (Wildman–Crippen LogP) is 9.58. The quantitative estimate of drug-likeness (QED) is 0.0916. The summed E-state index contributed by atoms with van der Waals surface area (Å²) in [6.45, 7) is 10.6. The molecule has 0 fully saturated rings. The van der Waals surface area contributed by atoms with Crippen molar-refractivity contribution >= 4 is 21.5 Å². The van der Waals surface area contributed by atoms with Crippen LogP contribution in [0.2, 0.25) is 0 Å². The molecule has 1 heterocycles. The number of phenolic OH excluding ortho intramolecular Hbond substituents is 6. The molecule has 1 aliphatic carbocycles. The third-order valence-corrected chi connectivity index (χ3v) is 11.8. The van der Waals surface area contributed by atoms with Crippen molar-refractivity contribution in [2.45, 2.75) is 72.4 Å². The van der Waals surface area contributed by atoms with Crippen LogP contribution in [-0.4, -0.2) is 50.9 Å². The van der Waals surface area contributed by atoms with Gasteiger partial charge in [-0.2, -0.15) is 0 Å². The Kier molecular flexibility index (Phi) is 8.68. The third kappa shape index (κ3) is 5.63. The lowest BCUT2D eigenvalue weighted by molar-refractivity contribution is 0.406. The first kappa shape index (κ1) is 36.2.